The van der Waals surface area contributed by atoms with E-state index in [9.17, 15) is 33.9 Å². The molecule has 10 N–H and O–H groups in total. The molecule has 0 aromatic carbocycles. The minimum absolute atomic E-state index is 0.0908. The normalized spacial score (nSPS) is 15.1. The molecular weight excluding hydrogens is 466 g/mol. The van der Waals surface area contributed by atoms with E-state index < -0.39 is 78.6 Å². The van der Waals surface area contributed by atoms with Gasteiger partial charge in [0.2, 0.25) is 17.7 Å². The second-order valence-corrected chi connectivity index (χ2v) is 8.25. The lowest BCUT2D eigenvalue weighted by atomic mass is 9.98. The summed E-state index contributed by atoms with van der Waals surface area (Å²) < 4.78 is 0. The molecule has 0 heterocycles. The number of unbranched alkanes of at least 4 members (excludes halogenated alkanes) is 1. The highest BCUT2D eigenvalue weighted by Crippen LogP contribution is 2.10. The molecule has 0 aromatic rings. The van der Waals surface area contributed by atoms with Gasteiger partial charge in [0.1, 0.15) is 18.1 Å². The molecule has 0 fully saturated rings. The van der Waals surface area contributed by atoms with E-state index in [1.165, 1.54) is 0 Å². The molecule has 0 radical (unpaired) electrons. The van der Waals surface area contributed by atoms with Crippen LogP contribution in [0.3, 0.4) is 0 Å². The molecule has 0 saturated carbocycles. The van der Waals surface area contributed by atoms with Gasteiger partial charge in [-0.1, -0.05) is 20.3 Å². The van der Waals surface area contributed by atoms with Gasteiger partial charge in [0.15, 0.2) is 0 Å². The minimum Gasteiger partial charge on any atom is -0.481 e. The van der Waals surface area contributed by atoms with Gasteiger partial charge in [0.25, 0.3) is 0 Å². The molecule has 35 heavy (non-hydrogen) atoms. The lowest BCUT2D eigenvalue weighted by Gasteiger charge is -2.26. The van der Waals surface area contributed by atoms with Crippen molar-refractivity contribution in [1.82, 2.24) is 16.0 Å². The first-order valence-electron chi connectivity index (χ1n) is 11.4. The lowest BCUT2D eigenvalue weighted by molar-refractivity contribution is -0.144. The van der Waals surface area contributed by atoms with Crippen molar-refractivity contribution in [2.45, 2.75) is 83.0 Å². The van der Waals surface area contributed by atoms with E-state index in [2.05, 4.69) is 16.0 Å². The van der Waals surface area contributed by atoms with Crippen molar-refractivity contribution in [3.05, 3.63) is 0 Å². The van der Waals surface area contributed by atoms with Crippen LogP contribution in [-0.4, -0.2) is 81.7 Å². The minimum atomic E-state index is -1.61. The van der Waals surface area contributed by atoms with Crippen LogP contribution in [0.15, 0.2) is 0 Å². The van der Waals surface area contributed by atoms with Gasteiger partial charge in [-0.15, -0.1) is 0 Å². The first-order chi connectivity index (χ1) is 16.3. The Morgan fingerprint density at radius 2 is 1.37 bits per heavy atom. The van der Waals surface area contributed by atoms with Crippen LogP contribution in [0.4, 0.5) is 0 Å². The third kappa shape index (κ3) is 12.7. The molecule has 0 spiro atoms. The maximum atomic E-state index is 12.8. The Morgan fingerprint density at radius 3 is 1.86 bits per heavy atom. The molecule has 200 valence electrons. The maximum absolute atomic E-state index is 12.8. The highest BCUT2D eigenvalue weighted by atomic mass is 16.4. The molecule has 14 nitrogen and oxygen atoms in total. The predicted molar refractivity (Wildman–Crippen MR) is 123 cm³/mol. The molecule has 0 saturated heterocycles. The predicted octanol–water partition coefficient (Wildman–Crippen LogP) is -1.63. The quantitative estimate of drug-likeness (QED) is 0.0985. The molecule has 0 rings (SSSR count). The molecule has 5 atom stereocenters. The number of carboxylic acids is 3. The first kappa shape index (κ1) is 31.7. The first-order valence-corrected chi connectivity index (χ1v) is 11.4. The molecule has 0 aromatic heterocycles. The number of hydrogen-bond acceptors (Lipinski definition) is 8. The van der Waals surface area contributed by atoms with Crippen LogP contribution in [0.25, 0.3) is 0 Å². The van der Waals surface area contributed by atoms with Crippen molar-refractivity contribution in [2.24, 2.45) is 17.4 Å². The number of nitrogens with one attached hydrogen (secondary N) is 3. The van der Waals surface area contributed by atoms with E-state index in [0.29, 0.717) is 25.8 Å². The Kier molecular flexibility index (Phi) is 14.9. The lowest BCUT2D eigenvalue weighted by Crippen LogP contribution is -2.58. The number of carbonyl (C=O) groups is 6. The van der Waals surface area contributed by atoms with Crippen molar-refractivity contribution in [2.75, 3.05) is 6.54 Å². The topological polar surface area (TPSA) is 251 Å². The van der Waals surface area contributed by atoms with Crippen molar-refractivity contribution >= 4 is 35.6 Å². The molecule has 0 bridgehead atoms. The van der Waals surface area contributed by atoms with Crippen LogP contribution in [-0.2, 0) is 28.8 Å². The average Bonchev–Trinajstić information content (AvgIpc) is 2.78. The van der Waals surface area contributed by atoms with Crippen LogP contribution in [0.2, 0.25) is 0 Å². The highest BCUT2D eigenvalue weighted by molar-refractivity contribution is 5.95. The van der Waals surface area contributed by atoms with Crippen LogP contribution in [0, 0.1) is 5.92 Å². The third-order valence-electron chi connectivity index (χ3n) is 5.37. The Bertz CT molecular complexity index is 761. The van der Waals surface area contributed by atoms with Gasteiger partial charge in [-0.2, -0.15) is 0 Å². The van der Waals surface area contributed by atoms with E-state index in [4.69, 9.17) is 21.7 Å². The summed E-state index contributed by atoms with van der Waals surface area (Å²) in [5.74, 6) is -6.95. The summed E-state index contributed by atoms with van der Waals surface area (Å²) in [5, 5.41) is 34.2. The van der Waals surface area contributed by atoms with E-state index in [1.807, 2.05) is 0 Å². The summed E-state index contributed by atoms with van der Waals surface area (Å²) in [6.45, 7) is 3.72. The number of amides is 3. The molecule has 0 aliphatic rings. The number of nitrogens with two attached hydrogens (primary N) is 2. The average molecular weight is 504 g/mol. The largest absolute Gasteiger partial charge is 0.481 e. The van der Waals surface area contributed by atoms with Gasteiger partial charge >= 0.3 is 17.9 Å². The van der Waals surface area contributed by atoms with Gasteiger partial charge in [0.05, 0.1) is 12.5 Å². The smallest absolute Gasteiger partial charge is 0.326 e. The van der Waals surface area contributed by atoms with E-state index in [0.717, 1.165) is 0 Å². The van der Waals surface area contributed by atoms with Crippen LogP contribution in [0.5, 0.6) is 0 Å². The summed E-state index contributed by atoms with van der Waals surface area (Å²) in [5.41, 5.74) is 11.1. The molecule has 0 aliphatic carbocycles. The van der Waals surface area contributed by atoms with Crippen molar-refractivity contribution < 1.29 is 44.1 Å². The van der Waals surface area contributed by atoms with Gasteiger partial charge in [0, 0.05) is 6.42 Å². The highest BCUT2D eigenvalue weighted by Gasteiger charge is 2.32. The summed E-state index contributed by atoms with van der Waals surface area (Å²) in [4.78, 5) is 71.4. The van der Waals surface area contributed by atoms with Crippen molar-refractivity contribution in [1.29, 1.82) is 0 Å². The summed E-state index contributed by atoms with van der Waals surface area (Å²) in [6.07, 6.45) is 0.00932. The number of aliphatic carboxylic acids is 3. The fraction of sp³-hybridized carbons (Fsp3) is 0.714. The van der Waals surface area contributed by atoms with Crippen LogP contribution < -0.4 is 27.4 Å². The molecule has 3 amide bonds. The second kappa shape index (κ2) is 16.4. The van der Waals surface area contributed by atoms with Crippen LogP contribution >= 0.6 is 0 Å². The Morgan fingerprint density at radius 1 is 0.800 bits per heavy atom. The van der Waals surface area contributed by atoms with Crippen molar-refractivity contribution in [3.63, 3.8) is 0 Å². The fourth-order valence-electron chi connectivity index (χ4n) is 3.04. The molecule has 14 heteroatoms. The Balaban J connectivity index is 5.56. The third-order valence-corrected chi connectivity index (χ3v) is 5.37. The van der Waals surface area contributed by atoms with Crippen molar-refractivity contribution in [3.8, 4) is 0 Å². The summed E-state index contributed by atoms with van der Waals surface area (Å²) in [7, 11) is 0. The number of rotatable bonds is 18. The van der Waals surface area contributed by atoms with E-state index in [-0.39, 0.29) is 12.8 Å². The van der Waals surface area contributed by atoms with Gasteiger partial charge < -0.3 is 42.7 Å². The maximum Gasteiger partial charge on any atom is 0.326 e. The van der Waals surface area contributed by atoms with Gasteiger partial charge in [-0.05, 0) is 38.1 Å². The zero-order valence-corrected chi connectivity index (χ0v) is 20.0. The molecule has 0 aliphatic heterocycles. The standard InChI is InChI=1S/C21H37N5O9/c1-3-11(2)17(21(34)35)26-19(32)13(6-4-5-9-22)24-20(33)14(10-16(29)30)25-18(31)12(23)7-8-15(27)28/h11-14,17H,3-10,22-23H2,1-2H3,(H,24,33)(H,25,31)(H,26,32)(H,27,28)(H,29,30)(H,34,35). The number of carbonyl (C=O) groups excluding carboxylic acids is 3. The number of carboxylic acid groups (broad SMARTS) is 3. The second-order valence-electron chi connectivity index (χ2n) is 8.25. The number of hydrogen-bond donors (Lipinski definition) is 8. The van der Waals surface area contributed by atoms with E-state index >= 15 is 0 Å². The monoisotopic (exact) mass is 503 g/mol. The van der Waals surface area contributed by atoms with Gasteiger partial charge in [-0.3, -0.25) is 24.0 Å². The SMILES string of the molecule is CCC(C)C(NC(=O)C(CCCCN)NC(=O)C(CC(=O)O)NC(=O)C(N)CCC(=O)O)C(=O)O. The Hall–Kier alpha value is -3.26. The van der Waals surface area contributed by atoms with Crippen LogP contribution in [0.1, 0.15) is 58.8 Å². The Labute approximate surface area is 203 Å². The molecule has 5 unspecified atom stereocenters. The fourth-order valence-corrected chi connectivity index (χ4v) is 3.04. The zero-order chi connectivity index (χ0) is 27.1. The zero-order valence-electron chi connectivity index (χ0n) is 20.0. The molecular formula is C21H37N5O9. The summed E-state index contributed by atoms with van der Waals surface area (Å²) in [6, 6.07) is -5.33. The van der Waals surface area contributed by atoms with E-state index in [1.54, 1.807) is 13.8 Å². The van der Waals surface area contributed by atoms with Gasteiger partial charge in [-0.25, -0.2) is 4.79 Å². The summed E-state index contributed by atoms with van der Waals surface area (Å²) >= 11 is 0.